The summed E-state index contributed by atoms with van der Waals surface area (Å²) in [5.74, 6) is 1.37. The predicted molar refractivity (Wildman–Crippen MR) is 129 cm³/mol. The van der Waals surface area contributed by atoms with Crippen molar-refractivity contribution in [1.29, 1.82) is 0 Å². The van der Waals surface area contributed by atoms with Gasteiger partial charge >= 0.3 is 0 Å². The minimum atomic E-state index is 0.404. The van der Waals surface area contributed by atoms with Crippen molar-refractivity contribution in [2.45, 2.75) is 57.9 Å². The molecule has 1 fully saturated rings. The summed E-state index contributed by atoms with van der Waals surface area (Å²) < 4.78 is 0. The number of hydrogen-bond acceptors (Lipinski definition) is 2. The Morgan fingerprint density at radius 2 is 1.60 bits per heavy atom. The molecule has 0 heterocycles. The molecule has 2 aliphatic rings. The Kier molecular flexibility index (Phi) is 7.36. The Hall–Kier alpha value is -2.55. The van der Waals surface area contributed by atoms with Crippen LogP contribution < -0.4 is 0 Å². The average Bonchev–Trinajstić information content (AvgIpc) is 3.22. The number of likely N-dealkylation sites (N-methyl/N-ethyl adjacent to an activating group) is 2. The maximum absolute atomic E-state index is 4.74. The number of allylic oxidation sites excluding steroid dienone is 2. The molecule has 1 aromatic rings. The molecule has 0 aromatic heterocycles. The molecule has 0 amide bonds. The quantitative estimate of drug-likeness (QED) is 0.310. The second kappa shape index (κ2) is 9.97. The van der Waals surface area contributed by atoms with Crippen LogP contribution in [-0.4, -0.2) is 35.8 Å². The minimum absolute atomic E-state index is 0.404. The third-order valence-electron chi connectivity index (χ3n) is 6.79. The van der Waals surface area contributed by atoms with E-state index in [0.29, 0.717) is 12.0 Å². The molecule has 0 unspecified atom stereocenters. The fraction of sp³-hybridized carbons (Fsp3) is 0.444. The zero-order valence-electron chi connectivity index (χ0n) is 19.0. The van der Waals surface area contributed by atoms with E-state index in [-0.39, 0.29) is 0 Å². The molecule has 3 heteroatoms. The van der Waals surface area contributed by atoms with E-state index in [0.717, 1.165) is 35.6 Å². The topological polar surface area (TPSA) is 18.8 Å². The van der Waals surface area contributed by atoms with Crippen molar-refractivity contribution < 1.29 is 0 Å². The molecule has 0 N–H and O–H groups in total. The van der Waals surface area contributed by atoms with Gasteiger partial charge in [-0.2, -0.15) is 0 Å². The highest BCUT2D eigenvalue weighted by molar-refractivity contribution is 6.02. The van der Waals surface area contributed by atoms with Gasteiger partial charge in [-0.05, 0) is 49.7 Å². The van der Waals surface area contributed by atoms with Crippen molar-refractivity contribution in [1.82, 2.24) is 9.80 Å². The molecule has 3 rings (SSSR count). The first-order valence-electron chi connectivity index (χ1n) is 11.2. The number of nitrogens with zero attached hydrogens (tertiary/aromatic N) is 3. The standard InChI is InChI=1S/C27H37N3/c1-7-17-28-27(30(6)22(4)23-13-9-8-10-14-23)20(2)21(3)29(5)26-18-24-15-11-12-16-25(24)19-26/h7,11-12,15-17,23,26H,2-4,8-10,13-14,18-19H2,1,5-6H3/b17-7-,28-27+. The molecule has 0 atom stereocenters. The lowest BCUT2D eigenvalue weighted by Gasteiger charge is -2.35. The summed E-state index contributed by atoms with van der Waals surface area (Å²) in [6.07, 6.45) is 12.2. The third kappa shape index (κ3) is 4.77. The largest absolute Gasteiger partial charge is 0.371 e. The van der Waals surface area contributed by atoms with E-state index in [1.54, 1.807) is 0 Å². The van der Waals surface area contributed by atoms with Crippen LogP contribution in [0.25, 0.3) is 0 Å². The van der Waals surface area contributed by atoms with Crippen molar-refractivity contribution in [3.05, 3.63) is 84.4 Å². The molecule has 0 bridgehead atoms. The summed E-state index contributed by atoms with van der Waals surface area (Å²) in [5.41, 5.74) is 5.82. The minimum Gasteiger partial charge on any atom is -0.371 e. The van der Waals surface area contributed by atoms with Crippen molar-refractivity contribution in [3.63, 3.8) is 0 Å². The van der Waals surface area contributed by atoms with E-state index in [2.05, 4.69) is 67.9 Å². The summed E-state index contributed by atoms with van der Waals surface area (Å²) in [6, 6.07) is 9.13. The molecule has 1 saturated carbocycles. The van der Waals surface area contributed by atoms with Crippen LogP contribution in [0.2, 0.25) is 0 Å². The molecular weight excluding hydrogens is 366 g/mol. The molecule has 0 aliphatic heterocycles. The monoisotopic (exact) mass is 403 g/mol. The first kappa shape index (κ1) is 22.1. The highest BCUT2D eigenvalue weighted by atomic mass is 15.2. The lowest BCUT2D eigenvalue weighted by molar-refractivity contribution is 0.319. The van der Waals surface area contributed by atoms with Crippen LogP contribution in [0.4, 0.5) is 0 Å². The Morgan fingerprint density at radius 3 is 2.17 bits per heavy atom. The number of amidine groups is 1. The molecule has 2 aliphatic carbocycles. The number of fused-ring (bicyclic) bond motifs is 1. The molecule has 0 saturated heterocycles. The van der Waals surface area contributed by atoms with E-state index >= 15 is 0 Å². The molecule has 160 valence electrons. The van der Waals surface area contributed by atoms with Crippen molar-refractivity contribution in [2.24, 2.45) is 10.9 Å². The number of aliphatic imine (C=N–C) groups is 1. The fourth-order valence-corrected chi connectivity index (χ4v) is 4.73. The number of rotatable bonds is 7. The molecule has 3 nitrogen and oxygen atoms in total. The lowest BCUT2D eigenvalue weighted by atomic mass is 9.86. The number of hydrogen-bond donors (Lipinski definition) is 0. The van der Waals surface area contributed by atoms with Gasteiger partial charge in [-0.3, -0.25) is 0 Å². The maximum atomic E-state index is 4.74. The maximum Gasteiger partial charge on any atom is 0.141 e. The predicted octanol–water partition coefficient (Wildman–Crippen LogP) is 6.11. The summed E-state index contributed by atoms with van der Waals surface area (Å²) in [7, 11) is 4.20. The zero-order chi connectivity index (χ0) is 21.7. The van der Waals surface area contributed by atoms with Gasteiger partial charge in [0, 0.05) is 43.3 Å². The van der Waals surface area contributed by atoms with Crippen LogP contribution >= 0.6 is 0 Å². The van der Waals surface area contributed by atoms with E-state index < -0.39 is 0 Å². The van der Waals surface area contributed by atoms with Gasteiger partial charge in [0.15, 0.2) is 0 Å². The highest BCUT2D eigenvalue weighted by Crippen LogP contribution is 2.32. The van der Waals surface area contributed by atoms with Gasteiger partial charge in [-0.25, -0.2) is 4.99 Å². The molecule has 0 radical (unpaired) electrons. The smallest absolute Gasteiger partial charge is 0.141 e. The van der Waals surface area contributed by atoms with Crippen LogP contribution in [0.5, 0.6) is 0 Å². The SMILES string of the molecule is C=C(C(=C)N(C)C1Cc2ccccc2C1)/C(=N\C=C/C)N(C)C(=C)C1CCCCC1. The van der Waals surface area contributed by atoms with E-state index in [4.69, 9.17) is 4.99 Å². The van der Waals surface area contributed by atoms with Gasteiger partial charge in [0.1, 0.15) is 5.84 Å². The van der Waals surface area contributed by atoms with Gasteiger partial charge in [0.05, 0.1) is 0 Å². The van der Waals surface area contributed by atoms with Gasteiger partial charge in [0.25, 0.3) is 0 Å². The van der Waals surface area contributed by atoms with Gasteiger partial charge in [0.2, 0.25) is 0 Å². The Morgan fingerprint density at radius 1 is 1.00 bits per heavy atom. The van der Waals surface area contributed by atoms with Crippen LogP contribution in [-0.2, 0) is 12.8 Å². The normalized spacial score (nSPS) is 17.8. The third-order valence-corrected chi connectivity index (χ3v) is 6.79. The Balaban J connectivity index is 1.74. The molecular formula is C27H37N3. The first-order chi connectivity index (χ1) is 14.4. The van der Waals surface area contributed by atoms with E-state index in [1.807, 2.05) is 19.2 Å². The Bertz CT molecular complexity index is 830. The summed E-state index contributed by atoms with van der Waals surface area (Å²) >= 11 is 0. The van der Waals surface area contributed by atoms with Gasteiger partial charge < -0.3 is 9.80 Å². The lowest BCUT2D eigenvalue weighted by Crippen LogP contribution is -2.37. The molecule has 0 spiro atoms. The highest BCUT2D eigenvalue weighted by Gasteiger charge is 2.28. The van der Waals surface area contributed by atoms with Crippen LogP contribution in [0.15, 0.2) is 78.2 Å². The molecule has 1 aromatic carbocycles. The van der Waals surface area contributed by atoms with E-state index in [1.165, 1.54) is 43.2 Å². The van der Waals surface area contributed by atoms with Gasteiger partial charge in [-0.1, -0.05) is 69.3 Å². The van der Waals surface area contributed by atoms with Crippen LogP contribution in [0.3, 0.4) is 0 Å². The van der Waals surface area contributed by atoms with Gasteiger partial charge in [-0.15, -0.1) is 0 Å². The van der Waals surface area contributed by atoms with Crippen molar-refractivity contribution >= 4 is 5.84 Å². The van der Waals surface area contributed by atoms with Crippen LogP contribution in [0.1, 0.15) is 50.2 Å². The van der Waals surface area contributed by atoms with Crippen LogP contribution in [0, 0.1) is 5.92 Å². The number of benzene rings is 1. The summed E-state index contributed by atoms with van der Waals surface area (Å²) in [4.78, 5) is 9.16. The average molecular weight is 404 g/mol. The fourth-order valence-electron chi connectivity index (χ4n) is 4.73. The second-order valence-electron chi connectivity index (χ2n) is 8.69. The summed E-state index contributed by atoms with van der Waals surface area (Å²) in [6.45, 7) is 15.2. The van der Waals surface area contributed by atoms with E-state index in [9.17, 15) is 0 Å². The first-order valence-corrected chi connectivity index (χ1v) is 11.2. The zero-order valence-corrected chi connectivity index (χ0v) is 19.0. The van der Waals surface area contributed by atoms with Crippen molar-refractivity contribution in [3.8, 4) is 0 Å². The molecule has 30 heavy (non-hydrogen) atoms. The Labute approximate surface area is 183 Å². The summed E-state index contributed by atoms with van der Waals surface area (Å²) in [5, 5.41) is 0. The van der Waals surface area contributed by atoms with Crippen molar-refractivity contribution in [2.75, 3.05) is 14.1 Å². The second-order valence-corrected chi connectivity index (χ2v) is 8.69.